The van der Waals surface area contributed by atoms with Crippen LogP contribution in [0.25, 0.3) is 0 Å². The van der Waals surface area contributed by atoms with E-state index in [1.807, 2.05) is 11.3 Å². The number of methoxy groups -OCH3 is 1. The van der Waals surface area contributed by atoms with E-state index in [0.29, 0.717) is 6.04 Å². The number of thiophene rings is 1. The molecule has 0 aliphatic heterocycles. The van der Waals surface area contributed by atoms with Crippen molar-refractivity contribution in [3.8, 4) is 0 Å². The number of hydrogen-bond acceptors (Lipinski definition) is 3. The van der Waals surface area contributed by atoms with Crippen molar-refractivity contribution < 1.29 is 4.74 Å². The monoisotopic (exact) mass is 253 g/mol. The fraction of sp³-hybridized carbons (Fsp3) is 0.714. The second-order valence-electron chi connectivity index (χ2n) is 4.75. The third kappa shape index (κ3) is 3.80. The van der Waals surface area contributed by atoms with Crippen LogP contribution in [-0.2, 0) is 11.2 Å². The van der Waals surface area contributed by atoms with E-state index in [-0.39, 0.29) is 0 Å². The van der Waals surface area contributed by atoms with E-state index in [1.165, 1.54) is 38.5 Å². The van der Waals surface area contributed by atoms with Gasteiger partial charge >= 0.3 is 0 Å². The standard InChI is InChI=1S/C14H23NOS/c1-16-10-4-2-3-9-15-13-6-5-7-14-12(13)8-11-17-14/h8,11,13,15H,2-7,9-10H2,1H3. The Bertz CT molecular complexity index is 324. The number of unbranched alkanes of at least 4 members (excludes halogenated alkanes) is 2. The zero-order valence-corrected chi connectivity index (χ0v) is 11.5. The summed E-state index contributed by atoms with van der Waals surface area (Å²) in [5.41, 5.74) is 1.57. The van der Waals surface area contributed by atoms with E-state index in [1.54, 1.807) is 17.6 Å². The first-order chi connectivity index (χ1) is 8.42. The number of hydrogen-bond donors (Lipinski definition) is 1. The lowest BCUT2D eigenvalue weighted by molar-refractivity contribution is 0.192. The van der Waals surface area contributed by atoms with Crippen LogP contribution >= 0.6 is 11.3 Å². The molecule has 1 aromatic rings. The predicted molar refractivity (Wildman–Crippen MR) is 73.7 cm³/mol. The summed E-state index contributed by atoms with van der Waals surface area (Å²) in [6.07, 6.45) is 7.66. The van der Waals surface area contributed by atoms with Gasteiger partial charge in [-0.15, -0.1) is 11.3 Å². The Kier molecular flexibility index (Phi) is 5.49. The molecular weight excluding hydrogens is 230 g/mol. The maximum Gasteiger partial charge on any atom is 0.0462 e. The highest BCUT2D eigenvalue weighted by Crippen LogP contribution is 2.33. The molecule has 1 aromatic heterocycles. The molecular formula is C14H23NOS. The van der Waals surface area contributed by atoms with E-state index >= 15 is 0 Å². The number of fused-ring (bicyclic) bond motifs is 1. The lowest BCUT2D eigenvalue weighted by Crippen LogP contribution is -2.25. The SMILES string of the molecule is COCCCCCNC1CCCc2sccc21. The minimum absolute atomic E-state index is 0.618. The van der Waals surface area contributed by atoms with Gasteiger partial charge in [0.05, 0.1) is 0 Å². The molecule has 1 aliphatic carbocycles. The first-order valence-corrected chi connectivity index (χ1v) is 7.58. The normalized spacial score (nSPS) is 19.2. The van der Waals surface area contributed by atoms with Gasteiger partial charge in [0.25, 0.3) is 0 Å². The number of nitrogens with one attached hydrogen (secondary N) is 1. The van der Waals surface area contributed by atoms with Crippen molar-refractivity contribution in [2.24, 2.45) is 0 Å². The molecule has 1 N–H and O–H groups in total. The molecule has 0 aromatic carbocycles. The average molecular weight is 253 g/mol. The molecule has 0 fully saturated rings. The highest BCUT2D eigenvalue weighted by Gasteiger charge is 2.19. The third-order valence-corrected chi connectivity index (χ3v) is 4.46. The van der Waals surface area contributed by atoms with Crippen LogP contribution in [0.5, 0.6) is 0 Å². The zero-order chi connectivity index (χ0) is 11.9. The van der Waals surface area contributed by atoms with Crippen molar-refractivity contribution in [3.05, 3.63) is 21.9 Å². The molecule has 1 heterocycles. The van der Waals surface area contributed by atoms with E-state index in [0.717, 1.165) is 13.2 Å². The summed E-state index contributed by atoms with van der Waals surface area (Å²) in [6.45, 7) is 2.04. The lowest BCUT2D eigenvalue weighted by Gasteiger charge is -2.23. The van der Waals surface area contributed by atoms with Gasteiger partial charge in [0.1, 0.15) is 0 Å². The van der Waals surface area contributed by atoms with Crippen molar-refractivity contribution in [2.75, 3.05) is 20.3 Å². The van der Waals surface area contributed by atoms with E-state index < -0.39 is 0 Å². The van der Waals surface area contributed by atoms with Crippen molar-refractivity contribution >= 4 is 11.3 Å². The van der Waals surface area contributed by atoms with Crippen molar-refractivity contribution in [1.82, 2.24) is 5.32 Å². The average Bonchev–Trinajstić information content (AvgIpc) is 2.82. The highest BCUT2D eigenvalue weighted by atomic mass is 32.1. The molecule has 1 aliphatic rings. The molecule has 0 saturated carbocycles. The van der Waals surface area contributed by atoms with Crippen molar-refractivity contribution in [1.29, 1.82) is 0 Å². The van der Waals surface area contributed by atoms with Gasteiger partial charge in [0, 0.05) is 24.6 Å². The van der Waals surface area contributed by atoms with Gasteiger partial charge in [-0.2, -0.15) is 0 Å². The second-order valence-corrected chi connectivity index (χ2v) is 5.75. The Morgan fingerprint density at radius 3 is 3.24 bits per heavy atom. The molecule has 3 heteroatoms. The van der Waals surface area contributed by atoms with E-state index in [9.17, 15) is 0 Å². The molecule has 0 spiro atoms. The largest absolute Gasteiger partial charge is 0.385 e. The van der Waals surface area contributed by atoms with Crippen LogP contribution in [0.2, 0.25) is 0 Å². The summed E-state index contributed by atoms with van der Waals surface area (Å²) >= 11 is 1.92. The van der Waals surface area contributed by atoms with Gasteiger partial charge in [0.15, 0.2) is 0 Å². The Morgan fingerprint density at radius 2 is 2.35 bits per heavy atom. The molecule has 1 atom stereocenters. The summed E-state index contributed by atoms with van der Waals surface area (Å²) in [7, 11) is 1.78. The van der Waals surface area contributed by atoms with Gasteiger partial charge in [-0.1, -0.05) is 0 Å². The topological polar surface area (TPSA) is 21.3 Å². The fourth-order valence-electron chi connectivity index (χ4n) is 2.52. The van der Waals surface area contributed by atoms with E-state index in [2.05, 4.69) is 16.8 Å². The summed E-state index contributed by atoms with van der Waals surface area (Å²) < 4.78 is 5.06. The second kappa shape index (κ2) is 7.14. The summed E-state index contributed by atoms with van der Waals surface area (Å²) in [4.78, 5) is 1.60. The molecule has 2 nitrogen and oxygen atoms in total. The molecule has 0 amide bonds. The smallest absolute Gasteiger partial charge is 0.0462 e. The van der Waals surface area contributed by atoms with Crippen LogP contribution in [0.3, 0.4) is 0 Å². The lowest BCUT2D eigenvalue weighted by atomic mass is 9.94. The van der Waals surface area contributed by atoms with Crippen molar-refractivity contribution in [3.63, 3.8) is 0 Å². The molecule has 1 unspecified atom stereocenters. The first-order valence-electron chi connectivity index (χ1n) is 6.70. The molecule has 96 valence electrons. The van der Waals surface area contributed by atoms with Crippen LogP contribution in [0.1, 0.15) is 48.6 Å². The Morgan fingerprint density at radius 1 is 1.41 bits per heavy atom. The third-order valence-electron chi connectivity index (χ3n) is 3.47. The van der Waals surface area contributed by atoms with Crippen LogP contribution in [0, 0.1) is 0 Å². The zero-order valence-electron chi connectivity index (χ0n) is 10.7. The molecule has 17 heavy (non-hydrogen) atoms. The predicted octanol–water partition coefficient (Wildman–Crippen LogP) is 3.53. The number of rotatable bonds is 7. The maximum absolute atomic E-state index is 5.06. The quantitative estimate of drug-likeness (QED) is 0.751. The fourth-order valence-corrected chi connectivity index (χ4v) is 3.51. The van der Waals surface area contributed by atoms with Crippen LogP contribution in [-0.4, -0.2) is 20.3 Å². The van der Waals surface area contributed by atoms with Gasteiger partial charge < -0.3 is 10.1 Å². The Labute approximate surface area is 108 Å². The number of ether oxygens (including phenoxy) is 1. The van der Waals surface area contributed by atoms with Crippen molar-refractivity contribution in [2.45, 2.75) is 44.6 Å². The van der Waals surface area contributed by atoms with Gasteiger partial charge in [0.2, 0.25) is 0 Å². The summed E-state index contributed by atoms with van der Waals surface area (Å²) in [5.74, 6) is 0. The highest BCUT2D eigenvalue weighted by molar-refractivity contribution is 7.10. The minimum atomic E-state index is 0.618. The molecule has 2 rings (SSSR count). The Hall–Kier alpha value is -0.380. The molecule has 0 radical (unpaired) electrons. The van der Waals surface area contributed by atoms with Gasteiger partial charge in [-0.05, 0) is 62.1 Å². The molecule has 0 saturated heterocycles. The summed E-state index contributed by atoms with van der Waals surface area (Å²) in [5, 5.41) is 5.95. The molecule has 0 bridgehead atoms. The van der Waals surface area contributed by atoms with E-state index in [4.69, 9.17) is 4.74 Å². The van der Waals surface area contributed by atoms with Crippen LogP contribution < -0.4 is 5.32 Å². The summed E-state index contributed by atoms with van der Waals surface area (Å²) in [6, 6.07) is 2.93. The van der Waals surface area contributed by atoms with Gasteiger partial charge in [-0.25, -0.2) is 0 Å². The number of aryl methyl sites for hydroxylation is 1. The maximum atomic E-state index is 5.06. The Balaban J connectivity index is 1.67. The van der Waals surface area contributed by atoms with Gasteiger partial charge in [-0.3, -0.25) is 0 Å². The first kappa shape index (κ1) is 13.1. The van der Waals surface area contributed by atoms with Crippen LogP contribution in [0.15, 0.2) is 11.4 Å². The minimum Gasteiger partial charge on any atom is -0.385 e. The van der Waals surface area contributed by atoms with Crippen LogP contribution in [0.4, 0.5) is 0 Å².